The molecule has 0 atom stereocenters. The molecule has 0 unspecified atom stereocenters. The molecule has 0 amide bonds. The highest BCUT2D eigenvalue weighted by Crippen LogP contribution is 2.39. The van der Waals surface area contributed by atoms with Crippen molar-refractivity contribution >= 4 is 65.4 Å². The van der Waals surface area contributed by atoms with Crippen molar-refractivity contribution in [3.63, 3.8) is 0 Å². The molecular formula is C49H29N5. The summed E-state index contributed by atoms with van der Waals surface area (Å²) in [5.41, 5.74) is 13.4. The van der Waals surface area contributed by atoms with Gasteiger partial charge in [-0.3, -0.25) is 4.98 Å². The third-order valence-corrected chi connectivity index (χ3v) is 10.5. The lowest BCUT2D eigenvalue weighted by Crippen LogP contribution is -1.94. The zero-order chi connectivity index (χ0) is 35.6. The van der Waals surface area contributed by atoms with Crippen LogP contribution in [0.1, 0.15) is 0 Å². The van der Waals surface area contributed by atoms with Crippen LogP contribution in [0.5, 0.6) is 0 Å². The third-order valence-electron chi connectivity index (χ3n) is 10.5. The lowest BCUT2D eigenvalue weighted by molar-refractivity contribution is 1.27. The van der Waals surface area contributed by atoms with E-state index in [0.717, 1.165) is 99.2 Å². The fraction of sp³-hybridized carbons (Fsp3) is 0. The lowest BCUT2D eigenvalue weighted by Gasteiger charge is -2.13. The highest BCUT2D eigenvalue weighted by molar-refractivity contribution is 6.17. The van der Waals surface area contributed by atoms with Crippen LogP contribution in [0.15, 0.2) is 176 Å². The second-order valence-electron chi connectivity index (χ2n) is 13.6. The average molecular weight is 688 g/mol. The average Bonchev–Trinajstić information content (AvgIpc) is 3.25. The molecule has 5 heterocycles. The highest BCUT2D eigenvalue weighted by Gasteiger charge is 2.17. The quantitative estimate of drug-likeness (QED) is 0.136. The smallest absolute Gasteiger partial charge is 0.0978 e. The first-order valence-electron chi connectivity index (χ1n) is 18.1. The van der Waals surface area contributed by atoms with Crippen molar-refractivity contribution in [1.29, 1.82) is 0 Å². The molecule has 5 aromatic heterocycles. The van der Waals surface area contributed by atoms with Gasteiger partial charge < -0.3 is 0 Å². The van der Waals surface area contributed by atoms with Gasteiger partial charge in [0.2, 0.25) is 0 Å². The van der Waals surface area contributed by atoms with Gasteiger partial charge in [-0.15, -0.1) is 0 Å². The van der Waals surface area contributed by atoms with E-state index in [0.29, 0.717) is 0 Å². The van der Waals surface area contributed by atoms with Crippen LogP contribution in [0.3, 0.4) is 0 Å². The first kappa shape index (κ1) is 30.3. The number of aromatic nitrogens is 5. The summed E-state index contributed by atoms with van der Waals surface area (Å²) >= 11 is 0. The van der Waals surface area contributed by atoms with E-state index in [2.05, 4.69) is 146 Å². The predicted octanol–water partition coefficient (Wildman–Crippen LogP) is 12.2. The van der Waals surface area contributed by atoms with Crippen molar-refractivity contribution in [3.05, 3.63) is 176 Å². The molecule has 250 valence electrons. The van der Waals surface area contributed by atoms with Crippen molar-refractivity contribution in [1.82, 2.24) is 24.9 Å². The summed E-state index contributed by atoms with van der Waals surface area (Å²) in [6.45, 7) is 0. The number of benzene rings is 6. The lowest BCUT2D eigenvalue weighted by atomic mass is 9.95. The van der Waals surface area contributed by atoms with Gasteiger partial charge in [0.25, 0.3) is 0 Å². The van der Waals surface area contributed by atoms with Gasteiger partial charge in [0.1, 0.15) is 0 Å². The van der Waals surface area contributed by atoms with Crippen LogP contribution in [0, 0.1) is 0 Å². The molecule has 0 radical (unpaired) electrons. The van der Waals surface area contributed by atoms with Crippen LogP contribution in [0.25, 0.3) is 110 Å². The second kappa shape index (κ2) is 12.1. The monoisotopic (exact) mass is 687 g/mol. The largest absolute Gasteiger partial charge is 0.254 e. The summed E-state index contributed by atoms with van der Waals surface area (Å²) in [5.74, 6) is 0. The van der Waals surface area contributed by atoms with E-state index in [1.807, 2.05) is 30.5 Å². The molecule has 0 N–H and O–H groups in total. The number of hydrogen-bond acceptors (Lipinski definition) is 5. The van der Waals surface area contributed by atoms with Crippen molar-refractivity contribution in [2.24, 2.45) is 0 Å². The third kappa shape index (κ3) is 4.83. The van der Waals surface area contributed by atoms with Crippen LogP contribution in [-0.2, 0) is 0 Å². The molecule has 54 heavy (non-hydrogen) atoms. The molecule has 5 nitrogen and oxygen atoms in total. The number of pyridine rings is 5. The SMILES string of the molecule is c1ccc(-c2c3ccccc3nc3c2ccc2ccc(-c4ccc(-c5ccc6ccc7c(-c8ccccc8)c8ccccc8nc7c6n5)nc4)nc23)cc1. The Labute approximate surface area is 310 Å². The number of rotatable bonds is 4. The summed E-state index contributed by atoms with van der Waals surface area (Å²) in [6.07, 6.45) is 1.89. The molecule has 5 heteroatoms. The standard InChI is InChI=1S/C49H29N5/c1-3-11-30(12-4-1)44-35-15-7-9-17-40(35)52-48-37(44)24-19-32-21-26-39(51-46(32)48)34-23-27-42(50-29-34)43-28-22-33-20-25-38-45(31-13-5-2-6-14-31)36-16-8-10-18-41(36)53-49(38)47(33)54-43/h1-29H. The van der Waals surface area contributed by atoms with Crippen LogP contribution in [-0.4, -0.2) is 24.9 Å². The second-order valence-corrected chi connectivity index (χ2v) is 13.6. The van der Waals surface area contributed by atoms with E-state index in [-0.39, 0.29) is 0 Å². The topological polar surface area (TPSA) is 64.5 Å². The Bertz CT molecular complexity index is 3030. The van der Waals surface area contributed by atoms with Gasteiger partial charge in [-0.2, -0.15) is 0 Å². The maximum absolute atomic E-state index is 5.22. The summed E-state index contributed by atoms with van der Waals surface area (Å²) in [6, 6.07) is 58.9. The highest BCUT2D eigenvalue weighted by atomic mass is 14.8. The number of nitrogens with zero attached hydrogens (tertiary/aromatic N) is 5. The van der Waals surface area contributed by atoms with E-state index in [4.69, 9.17) is 24.9 Å². The predicted molar refractivity (Wildman–Crippen MR) is 222 cm³/mol. The van der Waals surface area contributed by atoms with Gasteiger partial charge in [-0.25, -0.2) is 19.9 Å². The Kier molecular flexibility index (Phi) is 6.79. The minimum Gasteiger partial charge on any atom is -0.254 e. The van der Waals surface area contributed by atoms with E-state index < -0.39 is 0 Å². The van der Waals surface area contributed by atoms with E-state index >= 15 is 0 Å². The molecule has 11 rings (SSSR count). The molecule has 0 bridgehead atoms. The summed E-state index contributed by atoms with van der Waals surface area (Å²) in [7, 11) is 0. The van der Waals surface area contributed by atoms with Gasteiger partial charge in [0.15, 0.2) is 0 Å². The van der Waals surface area contributed by atoms with Gasteiger partial charge in [-0.05, 0) is 47.5 Å². The molecule has 0 fully saturated rings. The number of para-hydroxylation sites is 2. The molecular weight excluding hydrogens is 659 g/mol. The minimum atomic E-state index is 0.786. The van der Waals surface area contributed by atoms with Crippen LogP contribution in [0.2, 0.25) is 0 Å². The Balaban J connectivity index is 1.03. The van der Waals surface area contributed by atoms with Gasteiger partial charge in [0.05, 0.1) is 50.2 Å². The van der Waals surface area contributed by atoms with Crippen LogP contribution in [0.4, 0.5) is 0 Å². The fourth-order valence-corrected chi connectivity index (χ4v) is 7.91. The maximum Gasteiger partial charge on any atom is 0.0978 e. The van der Waals surface area contributed by atoms with Crippen LogP contribution >= 0.6 is 0 Å². The molecule has 0 aliphatic heterocycles. The van der Waals surface area contributed by atoms with E-state index in [1.165, 1.54) is 11.1 Å². The van der Waals surface area contributed by atoms with E-state index in [9.17, 15) is 0 Å². The van der Waals surface area contributed by atoms with Crippen molar-refractivity contribution in [2.75, 3.05) is 0 Å². The van der Waals surface area contributed by atoms with Crippen molar-refractivity contribution in [3.8, 4) is 44.9 Å². The van der Waals surface area contributed by atoms with Crippen molar-refractivity contribution in [2.45, 2.75) is 0 Å². The molecule has 0 saturated heterocycles. The number of hydrogen-bond donors (Lipinski definition) is 0. The first-order valence-corrected chi connectivity index (χ1v) is 18.1. The van der Waals surface area contributed by atoms with Gasteiger partial charge >= 0.3 is 0 Å². The Hall–Kier alpha value is -7.37. The van der Waals surface area contributed by atoms with Crippen LogP contribution < -0.4 is 0 Å². The molecule has 11 aromatic rings. The zero-order valence-corrected chi connectivity index (χ0v) is 29.0. The molecule has 0 spiro atoms. The van der Waals surface area contributed by atoms with E-state index in [1.54, 1.807) is 0 Å². The first-order chi connectivity index (χ1) is 26.8. The van der Waals surface area contributed by atoms with Gasteiger partial charge in [0, 0.05) is 55.2 Å². The zero-order valence-electron chi connectivity index (χ0n) is 29.0. The Morgan fingerprint density at radius 3 is 1.28 bits per heavy atom. The van der Waals surface area contributed by atoms with Crippen molar-refractivity contribution < 1.29 is 0 Å². The molecule has 6 aromatic carbocycles. The Morgan fingerprint density at radius 2 is 0.741 bits per heavy atom. The minimum absolute atomic E-state index is 0.786. The normalized spacial score (nSPS) is 11.7. The number of fused-ring (bicyclic) bond motifs is 8. The fourth-order valence-electron chi connectivity index (χ4n) is 7.91. The molecule has 0 aliphatic rings. The molecule has 0 aliphatic carbocycles. The summed E-state index contributed by atoms with van der Waals surface area (Å²) < 4.78 is 0. The Morgan fingerprint density at radius 1 is 0.278 bits per heavy atom. The molecule has 0 saturated carbocycles. The van der Waals surface area contributed by atoms with Gasteiger partial charge in [-0.1, -0.05) is 133 Å². The summed E-state index contributed by atoms with van der Waals surface area (Å²) in [5, 5.41) is 6.49. The summed E-state index contributed by atoms with van der Waals surface area (Å²) in [4.78, 5) is 25.7. The maximum atomic E-state index is 5.22.